The third kappa shape index (κ3) is 4.44. The number of aromatic nitrogens is 3. The SMILES string of the molecule is CC(C)(C)OC(=O)N1C2CCC1CN(c1nc(OC[C@@]34C[C@@H](F)CN3CC3(CC3)C4)nc3c(F)c(Cl)ncc13)C2. The van der Waals surface area contributed by atoms with Gasteiger partial charge in [0.15, 0.2) is 11.0 Å². The van der Waals surface area contributed by atoms with Crippen molar-refractivity contribution in [2.45, 2.75) is 88.7 Å². The first-order valence-corrected chi connectivity index (χ1v) is 14.6. The van der Waals surface area contributed by atoms with Gasteiger partial charge >= 0.3 is 12.1 Å². The number of nitrogens with zero attached hydrogens (tertiary/aromatic N) is 6. The predicted molar refractivity (Wildman–Crippen MR) is 145 cm³/mol. The summed E-state index contributed by atoms with van der Waals surface area (Å²) in [6.07, 6.45) is 5.65. The van der Waals surface area contributed by atoms with Gasteiger partial charge in [0.1, 0.15) is 29.7 Å². The number of hydrogen-bond donors (Lipinski definition) is 0. The summed E-state index contributed by atoms with van der Waals surface area (Å²) < 4.78 is 41.6. The van der Waals surface area contributed by atoms with Crippen LogP contribution in [0.1, 0.15) is 59.3 Å². The van der Waals surface area contributed by atoms with Crippen molar-refractivity contribution in [2.75, 3.05) is 37.7 Å². The van der Waals surface area contributed by atoms with Crippen molar-refractivity contribution in [2.24, 2.45) is 5.41 Å². The van der Waals surface area contributed by atoms with Crippen LogP contribution in [-0.4, -0.2) is 93.0 Å². The van der Waals surface area contributed by atoms with Gasteiger partial charge in [-0.05, 0) is 58.3 Å². The quantitative estimate of drug-likeness (QED) is 0.482. The number of alkyl halides is 1. The molecule has 40 heavy (non-hydrogen) atoms. The Morgan fingerprint density at radius 2 is 1.90 bits per heavy atom. The Labute approximate surface area is 237 Å². The first kappa shape index (κ1) is 26.4. The fourth-order valence-corrected chi connectivity index (χ4v) is 7.66. The molecule has 12 heteroatoms. The molecule has 2 unspecified atom stereocenters. The molecule has 1 aliphatic carbocycles. The summed E-state index contributed by atoms with van der Waals surface area (Å²) in [4.78, 5) is 32.3. The maximum absolute atomic E-state index is 15.2. The van der Waals surface area contributed by atoms with E-state index in [4.69, 9.17) is 26.1 Å². The molecular weight excluding hydrogens is 542 g/mol. The Balaban J connectivity index is 1.18. The number of carbonyl (C=O) groups is 1. The molecule has 1 amide bonds. The van der Waals surface area contributed by atoms with Gasteiger partial charge in [-0.2, -0.15) is 9.97 Å². The third-order valence-corrected chi connectivity index (χ3v) is 9.60. The minimum absolute atomic E-state index is 0.0381. The zero-order valence-electron chi connectivity index (χ0n) is 23.1. The lowest BCUT2D eigenvalue weighted by atomic mass is 9.89. The number of amides is 1. The molecule has 4 atom stereocenters. The van der Waals surface area contributed by atoms with Crippen LogP contribution in [0.15, 0.2) is 6.20 Å². The van der Waals surface area contributed by atoms with E-state index in [1.807, 2.05) is 25.7 Å². The van der Waals surface area contributed by atoms with E-state index >= 15 is 4.39 Å². The van der Waals surface area contributed by atoms with E-state index in [1.165, 1.54) is 19.0 Å². The topological polar surface area (TPSA) is 83.9 Å². The van der Waals surface area contributed by atoms with Gasteiger partial charge in [-0.25, -0.2) is 18.6 Å². The van der Waals surface area contributed by atoms with Crippen LogP contribution in [0.5, 0.6) is 6.01 Å². The molecule has 7 rings (SSSR count). The van der Waals surface area contributed by atoms with Crippen molar-refractivity contribution in [3.63, 3.8) is 0 Å². The average Bonchev–Trinajstić information content (AvgIpc) is 3.37. The summed E-state index contributed by atoms with van der Waals surface area (Å²) in [5, 5.41) is 0.159. The van der Waals surface area contributed by atoms with E-state index < -0.39 is 17.6 Å². The second kappa shape index (κ2) is 8.98. The van der Waals surface area contributed by atoms with Gasteiger partial charge in [-0.3, -0.25) is 9.80 Å². The van der Waals surface area contributed by atoms with E-state index in [0.717, 1.165) is 25.8 Å². The Hall–Kier alpha value is -2.53. The van der Waals surface area contributed by atoms with Crippen LogP contribution in [0, 0.1) is 11.2 Å². The lowest BCUT2D eigenvalue weighted by Crippen LogP contribution is -2.57. The molecule has 5 fully saturated rings. The number of fused-ring (bicyclic) bond motifs is 4. The molecule has 2 bridgehead atoms. The molecule has 216 valence electrons. The summed E-state index contributed by atoms with van der Waals surface area (Å²) in [6, 6.07) is -0.0820. The lowest BCUT2D eigenvalue weighted by molar-refractivity contribution is 0.0122. The van der Waals surface area contributed by atoms with E-state index in [0.29, 0.717) is 37.3 Å². The van der Waals surface area contributed by atoms with Gasteiger partial charge in [-0.15, -0.1) is 0 Å². The standard InChI is InChI=1S/C28H35ClF2N6O3/c1-26(2,3)40-25(38)37-17-4-5-18(37)12-35(11-17)23-19-9-32-22(29)20(31)21(19)33-24(34-23)39-15-28-8-16(30)10-36(28)14-27(13-28)6-7-27/h9,16-18H,4-8,10-15H2,1-3H3/t16-,17?,18?,28+/m1/s1. The van der Waals surface area contributed by atoms with Crippen molar-refractivity contribution in [3.8, 4) is 6.01 Å². The Morgan fingerprint density at radius 1 is 1.18 bits per heavy atom. The van der Waals surface area contributed by atoms with Crippen molar-refractivity contribution in [1.29, 1.82) is 0 Å². The maximum atomic E-state index is 15.2. The normalized spacial score (nSPS) is 30.8. The fourth-order valence-electron chi connectivity index (χ4n) is 7.52. The number of hydrogen-bond acceptors (Lipinski definition) is 8. The van der Waals surface area contributed by atoms with Crippen molar-refractivity contribution in [1.82, 2.24) is 24.8 Å². The van der Waals surface area contributed by atoms with Crippen molar-refractivity contribution in [3.05, 3.63) is 17.2 Å². The maximum Gasteiger partial charge on any atom is 0.410 e. The minimum Gasteiger partial charge on any atom is -0.461 e. The van der Waals surface area contributed by atoms with Crippen LogP contribution in [0.25, 0.3) is 10.9 Å². The van der Waals surface area contributed by atoms with Gasteiger partial charge in [0, 0.05) is 38.8 Å². The van der Waals surface area contributed by atoms with E-state index in [-0.39, 0.29) is 52.4 Å². The highest BCUT2D eigenvalue weighted by Crippen LogP contribution is 2.60. The number of anilines is 1. The molecule has 1 saturated carbocycles. The number of piperazine rings is 1. The second-order valence-electron chi connectivity index (χ2n) is 13.5. The Morgan fingerprint density at radius 3 is 2.58 bits per heavy atom. The molecule has 0 N–H and O–H groups in total. The van der Waals surface area contributed by atoms with Crippen LogP contribution in [-0.2, 0) is 4.74 Å². The van der Waals surface area contributed by atoms with Crippen LogP contribution >= 0.6 is 11.6 Å². The number of carbonyl (C=O) groups excluding carboxylic acids is 1. The molecule has 2 aromatic rings. The van der Waals surface area contributed by atoms with Gasteiger partial charge in [0.05, 0.1) is 23.0 Å². The first-order chi connectivity index (χ1) is 18.9. The van der Waals surface area contributed by atoms with Gasteiger partial charge in [-0.1, -0.05) is 11.6 Å². The van der Waals surface area contributed by atoms with Crippen molar-refractivity contribution >= 4 is 34.4 Å². The highest BCUT2D eigenvalue weighted by atomic mass is 35.5. The predicted octanol–water partition coefficient (Wildman–Crippen LogP) is 4.75. The summed E-state index contributed by atoms with van der Waals surface area (Å²) >= 11 is 6.04. The summed E-state index contributed by atoms with van der Waals surface area (Å²) in [6.45, 7) is 8.18. The summed E-state index contributed by atoms with van der Waals surface area (Å²) in [5.74, 6) is -0.233. The monoisotopic (exact) mass is 576 g/mol. The van der Waals surface area contributed by atoms with Gasteiger partial charge in [0.2, 0.25) is 0 Å². The first-order valence-electron chi connectivity index (χ1n) is 14.2. The summed E-state index contributed by atoms with van der Waals surface area (Å²) in [7, 11) is 0. The lowest BCUT2D eigenvalue weighted by Gasteiger charge is -2.42. The number of halogens is 3. The minimum atomic E-state index is -0.883. The molecule has 2 aromatic heterocycles. The number of ether oxygens (including phenoxy) is 2. The van der Waals surface area contributed by atoms with Gasteiger partial charge < -0.3 is 14.4 Å². The number of rotatable bonds is 4. The highest BCUT2D eigenvalue weighted by molar-refractivity contribution is 6.30. The van der Waals surface area contributed by atoms with E-state index in [2.05, 4.69) is 19.8 Å². The zero-order valence-corrected chi connectivity index (χ0v) is 23.9. The molecule has 5 aliphatic rings. The number of pyridine rings is 1. The Kier molecular flexibility index (Phi) is 5.92. The van der Waals surface area contributed by atoms with Crippen molar-refractivity contribution < 1.29 is 23.0 Å². The second-order valence-corrected chi connectivity index (χ2v) is 13.9. The van der Waals surface area contributed by atoms with E-state index in [9.17, 15) is 9.18 Å². The average molecular weight is 577 g/mol. The van der Waals surface area contributed by atoms with Crippen LogP contribution in [0.4, 0.5) is 19.4 Å². The molecule has 0 radical (unpaired) electrons. The molecule has 0 aromatic carbocycles. The molecule has 6 heterocycles. The van der Waals surface area contributed by atoms with Crippen LogP contribution in [0.2, 0.25) is 5.15 Å². The van der Waals surface area contributed by atoms with Crippen LogP contribution < -0.4 is 9.64 Å². The molecule has 1 spiro atoms. The molecule has 4 aliphatic heterocycles. The smallest absolute Gasteiger partial charge is 0.410 e. The molecule has 4 saturated heterocycles. The zero-order chi connectivity index (χ0) is 28.0. The largest absolute Gasteiger partial charge is 0.461 e. The molecular formula is C28H35ClF2N6O3. The Bertz CT molecular complexity index is 1360. The fraction of sp³-hybridized carbons (Fsp3) is 0.714. The van der Waals surface area contributed by atoms with E-state index in [1.54, 1.807) is 0 Å². The third-order valence-electron chi connectivity index (χ3n) is 9.34. The van der Waals surface area contributed by atoms with Gasteiger partial charge in [0.25, 0.3) is 0 Å². The molecule has 9 nitrogen and oxygen atoms in total. The summed E-state index contributed by atoms with van der Waals surface area (Å²) in [5.41, 5.74) is -0.644. The van der Waals surface area contributed by atoms with Crippen LogP contribution in [0.3, 0.4) is 0 Å². The highest BCUT2D eigenvalue weighted by Gasteiger charge is 2.62.